The molecule has 0 aliphatic carbocycles. The van der Waals surface area contributed by atoms with Crippen molar-refractivity contribution in [2.45, 2.75) is 45.6 Å². The van der Waals surface area contributed by atoms with E-state index in [1.54, 1.807) is 0 Å². The van der Waals surface area contributed by atoms with Crippen LogP contribution in [0, 0.1) is 5.92 Å². The van der Waals surface area contributed by atoms with Gasteiger partial charge in [-0.05, 0) is 50.9 Å². The summed E-state index contributed by atoms with van der Waals surface area (Å²) in [6.07, 6.45) is 6.42. The van der Waals surface area contributed by atoms with Gasteiger partial charge in [0.25, 0.3) is 0 Å². The summed E-state index contributed by atoms with van der Waals surface area (Å²) in [4.78, 5) is 2.42. The van der Waals surface area contributed by atoms with E-state index in [1.165, 1.54) is 44.2 Å². The Morgan fingerprint density at radius 2 is 1.84 bits per heavy atom. The van der Waals surface area contributed by atoms with Crippen LogP contribution in [0.5, 0.6) is 0 Å². The van der Waals surface area contributed by atoms with Crippen molar-refractivity contribution in [1.29, 1.82) is 0 Å². The topological polar surface area (TPSA) is 29.3 Å². The lowest BCUT2D eigenvalue weighted by Gasteiger charge is -2.19. The van der Waals surface area contributed by atoms with Crippen molar-refractivity contribution in [3.8, 4) is 0 Å². The zero-order valence-electron chi connectivity index (χ0n) is 12.6. The van der Waals surface area contributed by atoms with Gasteiger partial charge in [-0.1, -0.05) is 50.1 Å². The Balaban J connectivity index is 2.20. The molecule has 0 saturated heterocycles. The third kappa shape index (κ3) is 7.34. The van der Waals surface area contributed by atoms with Gasteiger partial charge in [0, 0.05) is 6.54 Å². The first kappa shape index (κ1) is 16.2. The molecule has 0 bridgehead atoms. The van der Waals surface area contributed by atoms with Gasteiger partial charge in [-0.3, -0.25) is 0 Å². The van der Waals surface area contributed by atoms with Crippen LogP contribution in [0.4, 0.5) is 0 Å². The quantitative estimate of drug-likeness (QED) is 0.697. The van der Waals surface area contributed by atoms with Crippen LogP contribution in [0.15, 0.2) is 30.3 Å². The number of nitrogens with zero attached hydrogens (tertiary/aromatic N) is 1. The van der Waals surface area contributed by atoms with E-state index >= 15 is 0 Å². The summed E-state index contributed by atoms with van der Waals surface area (Å²) >= 11 is 0. The van der Waals surface area contributed by atoms with Crippen molar-refractivity contribution in [3.05, 3.63) is 35.9 Å². The van der Waals surface area contributed by atoms with Gasteiger partial charge in [0.2, 0.25) is 0 Å². The minimum absolute atomic E-state index is 0.833. The minimum Gasteiger partial charge on any atom is -0.330 e. The third-order valence-corrected chi connectivity index (χ3v) is 3.72. The Labute approximate surface area is 119 Å². The Hall–Kier alpha value is -0.860. The molecule has 0 heterocycles. The highest BCUT2D eigenvalue weighted by Crippen LogP contribution is 2.17. The van der Waals surface area contributed by atoms with Gasteiger partial charge in [0.1, 0.15) is 0 Å². The maximum absolute atomic E-state index is 5.68. The summed E-state index contributed by atoms with van der Waals surface area (Å²) in [5, 5.41) is 0. The lowest BCUT2D eigenvalue weighted by atomic mass is 9.94. The number of benzene rings is 1. The molecular formula is C17H30N2. The highest BCUT2D eigenvalue weighted by atomic mass is 15.1. The second kappa shape index (κ2) is 9.99. The lowest BCUT2D eigenvalue weighted by Crippen LogP contribution is -2.20. The molecule has 2 N–H and O–H groups in total. The zero-order valence-corrected chi connectivity index (χ0v) is 12.6. The molecule has 0 fully saturated rings. The van der Waals surface area contributed by atoms with Crippen molar-refractivity contribution in [3.63, 3.8) is 0 Å². The monoisotopic (exact) mass is 262 g/mol. The normalized spacial score (nSPS) is 12.8. The summed E-state index contributed by atoms with van der Waals surface area (Å²) in [5.74, 6) is 0.833. The first-order chi connectivity index (χ1) is 9.26. The number of hydrogen-bond acceptors (Lipinski definition) is 2. The average molecular weight is 262 g/mol. The molecule has 1 rings (SSSR count). The SMILES string of the molecule is CCCC(CCN)CCCN(C)Cc1ccccc1. The second-order valence-corrected chi connectivity index (χ2v) is 5.60. The van der Waals surface area contributed by atoms with Crippen LogP contribution in [0.3, 0.4) is 0 Å². The molecule has 0 amide bonds. The molecule has 1 aromatic rings. The lowest BCUT2D eigenvalue weighted by molar-refractivity contribution is 0.298. The standard InChI is InChI=1S/C17H30N2/c1-3-8-16(12-13-18)11-7-14-19(2)15-17-9-5-4-6-10-17/h4-6,9-10,16H,3,7-8,11-15,18H2,1-2H3. The van der Waals surface area contributed by atoms with Crippen LogP contribution in [0.25, 0.3) is 0 Å². The Kier molecular flexibility index (Phi) is 8.52. The molecule has 0 aliphatic rings. The molecule has 0 saturated carbocycles. The maximum atomic E-state index is 5.68. The van der Waals surface area contributed by atoms with E-state index in [-0.39, 0.29) is 0 Å². The van der Waals surface area contributed by atoms with Crippen LogP contribution in [-0.2, 0) is 6.54 Å². The highest BCUT2D eigenvalue weighted by Gasteiger charge is 2.07. The first-order valence-electron chi connectivity index (χ1n) is 7.68. The van der Waals surface area contributed by atoms with Gasteiger partial charge < -0.3 is 10.6 Å². The smallest absolute Gasteiger partial charge is 0.0230 e. The zero-order chi connectivity index (χ0) is 13.9. The van der Waals surface area contributed by atoms with Crippen molar-refractivity contribution >= 4 is 0 Å². The van der Waals surface area contributed by atoms with Crippen LogP contribution < -0.4 is 5.73 Å². The fourth-order valence-corrected chi connectivity index (χ4v) is 2.70. The largest absolute Gasteiger partial charge is 0.330 e. The molecule has 108 valence electrons. The predicted molar refractivity (Wildman–Crippen MR) is 84.1 cm³/mol. The van der Waals surface area contributed by atoms with Gasteiger partial charge in [-0.2, -0.15) is 0 Å². The number of rotatable bonds is 10. The second-order valence-electron chi connectivity index (χ2n) is 5.60. The molecule has 19 heavy (non-hydrogen) atoms. The van der Waals surface area contributed by atoms with Gasteiger partial charge in [-0.25, -0.2) is 0 Å². The van der Waals surface area contributed by atoms with Crippen LogP contribution >= 0.6 is 0 Å². The van der Waals surface area contributed by atoms with Crippen LogP contribution in [-0.4, -0.2) is 25.0 Å². The maximum Gasteiger partial charge on any atom is 0.0230 e. The van der Waals surface area contributed by atoms with Gasteiger partial charge in [0.05, 0.1) is 0 Å². The number of hydrogen-bond donors (Lipinski definition) is 1. The fourth-order valence-electron chi connectivity index (χ4n) is 2.70. The number of nitrogens with two attached hydrogens (primary N) is 1. The van der Waals surface area contributed by atoms with Crippen LogP contribution in [0.1, 0.15) is 44.6 Å². The Morgan fingerprint density at radius 3 is 2.47 bits per heavy atom. The van der Waals surface area contributed by atoms with E-state index in [0.29, 0.717) is 0 Å². The molecule has 0 aliphatic heterocycles. The average Bonchev–Trinajstić information content (AvgIpc) is 2.40. The highest BCUT2D eigenvalue weighted by molar-refractivity contribution is 5.14. The van der Waals surface area contributed by atoms with Gasteiger partial charge in [-0.15, -0.1) is 0 Å². The first-order valence-corrected chi connectivity index (χ1v) is 7.68. The molecule has 2 heteroatoms. The van der Waals surface area contributed by atoms with Crippen molar-refractivity contribution < 1.29 is 0 Å². The Bertz CT molecular complexity index is 304. The third-order valence-electron chi connectivity index (χ3n) is 3.72. The van der Waals surface area contributed by atoms with Crippen LogP contribution in [0.2, 0.25) is 0 Å². The van der Waals surface area contributed by atoms with E-state index in [0.717, 1.165) is 19.0 Å². The summed E-state index contributed by atoms with van der Waals surface area (Å²) < 4.78 is 0. The molecular weight excluding hydrogens is 232 g/mol. The molecule has 2 nitrogen and oxygen atoms in total. The molecule has 0 radical (unpaired) electrons. The van der Waals surface area contributed by atoms with Gasteiger partial charge in [0.15, 0.2) is 0 Å². The molecule has 1 atom stereocenters. The van der Waals surface area contributed by atoms with Crippen molar-refractivity contribution in [2.24, 2.45) is 11.7 Å². The fraction of sp³-hybridized carbons (Fsp3) is 0.647. The molecule has 0 spiro atoms. The van der Waals surface area contributed by atoms with E-state index < -0.39 is 0 Å². The van der Waals surface area contributed by atoms with E-state index in [2.05, 4.69) is 49.2 Å². The molecule has 0 aromatic heterocycles. The summed E-state index contributed by atoms with van der Waals surface area (Å²) in [6.45, 7) is 5.34. The van der Waals surface area contributed by atoms with E-state index in [9.17, 15) is 0 Å². The minimum atomic E-state index is 0.833. The predicted octanol–water partition coefficient (Wildman–Crippen LogP) is 3.66. The van der Waals surface area contributed by atoms with E-state index in [4.69, 9.17) is 5.73 Å². The van der Waals surface area contributed by atoms with Gasteiger partial charge >= 0.3 is 0 Å². The molecule has 1 aromatic carbocycles. The van der Waals surface area contributed by atoms with Crippen molar-refractivity contribution in [2.75, 3.05) is 20.1 Å². The van der Waals surface area contributed by atoms with E-state index in [1.807, 2.05) is 0 Å². The van der Waals surface area contributed by atoms with Crippen molar-refractivity contribution in [1.82, 2.24) is 4.90 Å². The summed E-state index contributed by atoms with van der Waals surface area (Å²) in [5.41, 5.74) is 7.08. The summed E-state index contributed by atoms with van der Waals surface area (Å²) in [7, 11) is 2.21. The Morgan fingerprint density at radius 1 is 1.11 bits per heavy atom. The summed E-state index contributed by atoms with van der Waals surface area (Å²) in [6, 6.07) is 10.7. The molecule has 1 unspecified atom stereocenters.